The maximum Gasteiger partial charge on any atom is 0.308 e. The first-order chi connectivity index (χ1) is 14.5. The largest absolute Gasteiger partial charge is 0.481 e. The lowest BCUT2D eigenvalue weighted by molar-refractivity contribution is -0.157. The van der Waals surface area contributed by atoms with Gasteiger partial charge in [0.15, 0.2) is 6.10 Å². The molecule has 2 fully saturated rings. The van der Waals surface area contributed by atoms with Crippen molar-refractivity contribution in [2.75, 3.05) is 13.1 Å². The van der Waals surface area contributed by atoms with E-state index >= 15 is 0 Å². The molecular weight excluding hydrogens is 384 g/mol. The molecule has 0 aromatic heterocycles. The van der Waals surface area contributed by atoms with Crippen LogP contribution in [0.15, 0.2) is 24.3 Å². The van der Waals surface area contributed by atoms with Gasteiger partial charge in [-0.1, -0.05) is 25.5 Å². The molecule has 1 aromatic rings. The molecule has 2 atom stereocenters. The average Bonchev–Trinajstić information content (AvgIpc) is 2.76. The molecule has 1 N–H and O–H groups in total. The zero-order valence-electron chi connectivity index (χ0n) is 17.9. The molecule has 0 radical (unpaired) electrons. The molecule has 1 aliphatic carbocycles. The molecular formula is C23H32N2O5. The molecule has 1 heterocycles. The van der Waals surface area contributed by atoms with Gasteiger partial charge in [-0.05, 0) is 56.7 Å². The lowest BCUT2D eigenvalue weighted by Gasteiger charge is -2.36. The third-order valence-electron chi connectivity index (χ3n) is 5.82. The first-order valence-electron chi connectivity index (χ1n) is 11.0. The Morgan fingerprint density at radius 2 is 1.87 bits per heavy atom. The minimum Gasteiger partial charge on any atom is -0.481 e. The number of carbonyl (C=O) groups excluding carboxylic acids is 3. The van der Waals surface area contributed by atoms with E-state index in [1.807, 2.05) is 24.3 Å². The Morgan fingerprint density at radius 3 is 2.53 bits per heavy atom. The van der Waals surface area contributed by atoms with Crippen LogP contribution in [0.4, 0.5) is 0 Å². The molecule has 1 aromatic carbocycles. The zero-order valence-corrected chi connectivity index (χ0v) is 17.9. The summed E-state index contributed by atoms with van der Waals surface area (Å²) in [6, 6.07) is 6.74. The van der Waals surface area contributed by atoms with E-state index in [4.69, 9.17) is 9.47 Å². The van der Waals surface area contributed by atoms with E-state index in [1.54, 1.807) is 6.92 Å². The topological polar surface area (TPSA) is 84.9 Å². The van der Waals surface area contributed by atoms with Crippen molar-refractivity contribution < 1.29 is 23.9 Å². The van der Waals surface area contributed by atoms with E-state index in [0.717, 1.165) is 32.1 Å². The molecule has 1 aliphatic heterocycles. The van der Waals surface area contributed by atoms with Gasteiger partial charge >= 0.3 is 5.97 Å². The number of piperazine rings is 1. The highest BCUT2D eigenvalue weighted by Crippen LogP contribution is 2.22. The summed E-state index contributed by atoms with van der Waals surface area (Å²) in [5.41, 5.74) is 1.19. The Kier molecular flexibility index (Phi) is 7.71. The molecule has 2 unspecified atom stereocenters. The highest BCUT2D eigenvalue weighted by atomic mass is 16.5. The number of esters is 1. The van der Waals surface area contributed by atoms with Crippen LogP contribution in [0.25, 0.3) is 0 Å². The van der Waals surface area contributed by atoms with Crippen LogP contribution in [0, 0.1) is 0 Å². The number of aryl methyl sites for hydroxylation is 1. The van der Waals surface area contributed by atoms with E-state index in [-0.39, 0.29) is 24.3 Å². The summed E-state index contributed by atoms with van der Waals surface area (Å²) in [5.74, 6) is -0.456. The highest BCUT2D eigenvalue weighted by molar-refractivity contribution is 5.93. The van der Waals surface area contributed by atoms with Gasteiger partial charge in [-0.3, -0.25) is 14.4 Å². The normalized spacial score (nSPS) is 20.9. The Hall–Kier alpha value is -2.57. The summed E-state index contributed by atoms with van der Waals surface area (Å²) in [7, 11) is 0. The van der Waals surface area contributed by atoms with Crippen molar-refractivity contribution >= 4 is 17.8 Å². The fraction of sp³-hybridized carbons (Fsp3) is 0.609. The van der Waals surface area contributed by atoms with Gasteiger partial charge in [-0.2, -0.15) is 0 Å². The van der Waals surface area contributed by atoms with Crippen LogP contribution in [-0.4, -0.2) is 54.0 Å². The van der Waals surface area contributed by atoms with Gasteiger partial charge in [0.25, 0.3) is 5.91 Å². The van der Waals surface area contributed by atoms with E-state index in [1.165, 1.54) is 16.9 Å². The van der Waals surface area contributed by atoms with E-state index < -0.39 is 18.1 Å². The molecule has 30 heavy (non-hydrogen) atoms. The summed E-state index contributed by atoms with van der Waals surface area (Å²) in [6.45, 7) is 4.44. The maximum absolute atomic E-state index is 13.0. The van der Waals surface area contributed by atoms with Crippen molar-refractivity contribution in [2.45, 2.75) is 77.0 Å². The first kappa shape index (κ1) is 22.1. The second kappa shape index (κ2) is 10.5. The number of nitrogens with one attached hydrogen (secondary N) is 1. The summed E-state index contributed by atoms with van der Waals surface area (Å²) < 4.78 is 11.4. The molecule has 7 heteroatoms. The van der Waals surface area contributed by atoms with Gasteiger partial charge in [0.05, 0.1) is 6.42 Å². The molecule has 164 valence electrons. The average molecular weight is 417 g/mol. The Morgan fingerprint density at radius 1 is 1.17 bits per heavy atom. The maximum atomic E-state index is 13.0. The van der Waals surface area contributed by atoms with Gasteiger partial charge in [-0.15, -0.1) is 0 Å². The van der Waals surface area contributed by atoms with Gasteiger partial charge in [0.2, 0.25) is 5.91 Å². The van der Waals surface area contributed by atoms with Crippen LogP contribution in [-0.2, 0) is 25.5 Å². The molecule has 2 aliphatic rings. The van der Waals surface area contributed by atoms with Crippen LogP contribution >= 0.6 is 0 Å². The first-order valence-corrected chi connectivity index (χ1v) is 11.0. The summed E-state index contributed by atoms with van der Waals surface area (Å²) in [5, 5.41) is 2.75. The van der Waals surface area contributed by atoms with Gasteiger partial charge < -0.3 is 19.7 Å². The number of rotatable bonds is 7. The zero-order chi connectivity index (χ0) is 21.5. The Balaban J connectivity index is 1.61. The predicted octanol–water partition coefficient (Wildman–Crippen LogP) is 2.61. The van der Waals surface area contributed by atoms with Gasteiger partial charge in [0.1, 0.15) is 17.9 Å². The summed E-state index contributed by atoms with van der Waals surface area (Å²) in [6.07, 6.45) is 4.97. The summed E-state index contributed by atoms with van der Waals surface area (Å²) >= 11 is 0. The van der Waals surface area contributed by atoms with E-state index in [0.29, 0.717) is 18.8 Å². The Bertz CT molecular complexity index is 742. The number of benzene rings is 1. The number of carbonyl (C=O) groups is 3. The molecule has 3 rings (SSSR count). The van der Waals surface area contributed by atoms with Crippen molar-refractivity contribution in [1.82, 2.24) is 10.2 Å². The molecule has 1 saturated heterocycles. The van der Waals surface area contributed by atoms with Crippen LogP contribution < -0.4 is 10.1 Å². The standard InChI is InChI=1S/C23H32N2O5/c1-3-17-9-11-19(12-10-17)29-16(2)23(28)25-14-13-24-22(27)20(25)15-21(26)30-18-7-5-4-6-8-18/h9-12,16,18,20H,3-8,13-15H2,1-2H3,(H,24,27). The van der Waals surface area contributed by atoms with Gasteiger partial charge in [-0.25, -0.2) is 0 Å². The fourth-order valence-corrected chi connectivity index (χ4v) is 4.05. The number of hydrogen-bond donors (Lipinski definition) is 1. The lowest BCUT2D eigenvalue weighted by atomic mass is 9.98. The number of nitrogens with zero attached hydrogens (tertiary/aromatic N) is 1. The quantitative estimate of drug-likeness (QED) is 0.691. The fourth-order valence-electron chi connectivity index (χ4n) is 4.05. The third kappa shape index (κ3) is 5.74. The minimum atomic E-state index is -0.865. The molecule has 2 amide bonds. The van der Waals surface area contributed by atoms with Crippen LogP contribution in [0.3, 0.4) is 0 Å². The summed E-state index contributed by atoms with van der Waals surface area (Å²) in [4.78, 5) is 39.3. The smallest absolute Gasteiger partial charge is 0.308 e. The number of hydrogen-bond acceptors (Lipinski definition) is 5. The molecule has 0 bridgehead atoms. The molecule has 1 saturated carbocycles. The van der Waals surface area contributed by atoms with Crippen LogP contribution in [0.1, 0.15) is 57.9 Å². The molecule has 0 spiro atoms. The van der Waals surface area contributed by atoms with E-state index in [9.17, 15) is 14.4 Å². The van der Waals surface area contributed by atoms with Crippen molar-refractivity contribution in [1.29, 1.82) is 0 Å². The van der Waals surface area contributed by atoms with Crippen LogP contribution in [0.2, 0.25) is 0 Å². The minimum absolute atomic E-state index is 0.0737. The van der Waals surface area contributed by atoms with Crippen molar-refractivity contribution in [2.24, 2.45) is 0 Å². The third-order valence-corrected chi connectivity index (χ3v) is 5.82. The van der Waals surface area contributed by atoms with Crippen molar-refractivity contribution in [3.63, 3.8) is 0 Å². The second-order valence-corrected chi connectivity index (χ2v) is 8.05. The van der Waals surface area contributed by atoms with Crippen molar-refractivity contribution in [3.8, 4) is 5.75 Å². The predicted molar refractivity (Wildman–Crippen MR) is 112 cm³/mol. The highest BCUT2D eigenvalue weighted by Gasteiger charge is 2.37. The van der Waals surface area contributed by atoms with E-state index in [2.05, 4.69) is 12.2 Å². The number of ether oxygens (including phenoxy) is 2. The van der Waals surface area contributed by atoms with Crippen LogP contribution in [0.5, 0.6) is 5.75 Å². The Labute approximate surface area is 178 Å². The monoisotopic (exact) mass is 416 g/mol. The van der Waals surface area contributed by atoms with Gasteiger partial charge in [0, 0.05) is 13.1 Å². The second-order valence-electron chi connectivity index (χ2n) is 8.05. The number of amides is 2. The SMILES string of the molecule is CCc1ccc(OC(C)C(=O)N2CCNC(=O)C2CC(=O)OC2CCCCC2)cc1. The lowest BCUT2D eigenvalue weighted by Crippen LogP contribution is -2.60. The molecule has 7 nitrogen and oxygen atoms in total. The van der Waals surface area contributed by atoms with Crippen molar-refractivity contribution in [3.05, 3.63) is 29.8 Å².